The van der Waals surface area contributed by atoms with Crippen molar-refractivity contribution in [2.45, 2.75) is 18.4 Å². The van der Waals surface area contributed by atoms with E-state index in [9.17, 15) is 13.7 Å². The highest BCUT2D eigenvalue weighted by atomic mass is 32.2. The molecule has 3 aromatic rings. The molecule has 2 aromatic carbocycles. The zero-order valence-electron chi connectivity index (χ0n) is 16.5. The van der Waals surface area contributed by atoms with Gasteiger partial charge in [-0.15, -0.1) is 10.2 Å². The molecule has 0 unspecified atom stereocenters. The first kappa shape index (κ1) is 20.2. The standard InChI is InChI=1S/C21H21N5O3S/c1-16-5-4-7-17(13-16)21-24-23-20(29-21)15-25-9-11-26(12-10-25)30(27,28)19-8-3-2-6-18(19)14-22/h2-8,13H,9-12,15H2,1H3. The van der Waals surface area contributed by atoms with Crippen LogP contribution in [0.4, 0.5) is 0 Å². The van der Waals surface area contributed by atoms with E-state index in [1.54, 1.807) is 12.1 Å². The molecule has 0 bridgehead atoms. The van der Waals surface area contributed by atoms with E-state index in [1.807, 2.05) is 37.3 Å². The molecule has 0 amide bonds. The highest BCUT2D eigenvalue weighted by molar-refractivity contribution is 7.89. The van der Waals surface area contributed by atoms with Gasteiger partial charge in [0, 0.05) is 31.7 Å². The molecule has 0 N–H and O–H groups in total. The van der Waals surface area contributed by atoms with Crippen LogP contribution >= 0.6 is 0 Å². The number of aromatic nitrogens is 2. The Labute approximate surface area is 175 Å². The normalized spacial score (nSPS) is 15.7. The van der Waals surface area contributed by atoms with Crippen LogP contribution in [-0.4, -0.2) is 54.0 Å². The second-order valence-corrected chi connectivity index (χ2v) is 9.06. The quantitative estimate of drug-likeness (QED) is 0.621. The third-order valence-electron chi connectivity index (χ3n) is 5.05. The van der Waals surface area contributed by atoms with Gasteiger partial charge in [-0.1, -0.05) is 29.8 Å². The lowest BCUT2D eigenvalue weighted by Gasteiger charge is -2.33. The van der Waals surface area contributed by atoms with Crippen LogP contribution in [0.2, 0.25) is 0 Å². The van der Waals surface area contributed by atoms with E-state index in [1.165, 1.54) is 16.4 Å². The van der Waals surface area contributed by atoms with Crippen LogP contribution in [0.5, 0.6) is 0 Å². The highest BCUT2D eigenvalue weighted by Crippen LogP contribution is 2.22. The van der Waals surface area contributed by atoms with Gasteiger partial charge in [0.15, 0.2) is 0 Å². The Balaban J connectivity index is 1.40. The van der Waals surface area contributed by atoms with Gasteiger partial charge < -0.3 is 4.42 Å². The molecule has 0 atom stereocenters. The lowest BCUT2D eigenvalue weighted by atomic mass is 10.1. The Hall–Kier alpha value is -3.06. The van der Waals surface area contributed by atoms with Crippen molar-refractivity contribution in [3.8, 4) is 17.5 Å². The molecule has 1 saturated heterocycles. The molecule has 0 aliphatic carbocycles. The van der Waals surface area contributed by atoms with E-state index < -0.39 is 10.0 Å². The minimum Gasteiger partial charge on any atom is -0.419 e. The number of rotatable bonds is 5. The molecule has 4 rings (SSSR count). The molecule has 0 spiro atoms. The minimum atomic E-state index is -3.70. The summed E-state index contributed by atoms with van der Waals surface area (Å²) in [6, 6.07) is 16.1. The van der Waals surface area contributed by atoms with Crippen LogP contribution in [0.15, 0.2) is 57.8 Å². The zero-order valence-corrected chi connectivity index (χ0v) is 17.3. The first-order valence-corrected chi connectivity index (χ1v) is 11.0. The van der Waals surface area contributed by atoms with Gasteiger partial charge in [-0.2, -0.15) is 9.57 Å². The lowest BCUT2D eigenvalue weighted by Crippen LogP contribution is -2.48. The summed E-state index contributed by atoms with van der Waals surface area (Å²) in [5.74, 6) is 0.973. The van der Waals surface area contributed by atoms with Gasteiger partial charge in [-0.25, -0.2) is 8.42 Å². The zero-order chi connectivity index (χ0) is 21.1. The molecule has 1 aliphatic rings. The number of sulfonamides is 1. The number of aryl methyl sites for hydroxylation is 1. The third-order valence-corrected chi connectivity index (χ3v) is 7.00. The van der Waals surface area contributed by atoms with Crippen LogP contribution in [0.25, 0.3) is 11.5 Å². The smallest absolute Gasteiger partial charge is 0.247 e. The Kier molecular flexibility index (Phi) is 5.63. The summed E-state index contributed by atoms with van der Waals surface area (Å²) in [5.41, 5.74) is 2.15. The number of benzene rings is 2. The number of hydrogen-bond donors (Lipinski definition) is 0. The minimum absolute atomic E-state index is 0.0562. The Morgan fingerprint density at radius 1 is 1.07 bits per heavy atom. The molecular formula is C21H21N5O3S. The van der Waals surface area contributed by atoms with Crippen molar-refractivity contribution in [1.82, 2.24) is 19.4 Å². The van der Waals surface area contributed by atoms with Crippen molar-refractivity contribution in [2.24, 2.45) is 0 Å². The molecule has 2 heterocycles. The number of nitrogens with zero attached hydrogens (tertiary/aromatic N) is 5. The Morgan fingerprint density at radius 2 is 1.83 bits per heavy atom. The molecular weight excluding hydrogens is 402 g/mol. The van der Waals surface area contributed by atoms with Crippen LogP contribution in [0.3, 0.4) is 0 Å². The number of piperazine rings is 1. The molecule has 9 heteroatoms. The third kappa shape index (κ3) is 4.11. The average molecular weight is 423 g/mol. The predicted molar refractivity (Wildman–Crippen MR) is 110 cm³/mol. The summed E-state index contributed by atoms with van der Waals surface area (Å²) in [4.78, 5) is 2.14. The van der Waals surface area contributed by atoms with Crippen molar-refractivity contribution in [1.29, 1.82) is 5.26 Å². The second-order valence-electron chi connectivity index (χ2n) is 7.16. The van der Waals surface area contributed by atoms with Gasteiger partial charge in [-0.05, 0) is 31.2 Å². The van der Waals surface area contributed by atoms with E-state index in [0.717, 1.165) is 11.1 Å². The molecule has 30 heavy (non-hydrogen) atoms. The van der Waals surface area contributed by atoms with Crippen molar-refractivity contribution < 1.29 is 12.8 Å². The van der Waals surface area contributed by atoms with Crippen LogP contribution < -0.4 is 0 Å². The molecule has 154 valence electrons. The molecule has 0 radical (unpaired) electrons. The van der Waals surface area contributed by atoms with Crippen LogP contribution in [0, 0.1) is 18.3 Å². The number of hydrogen-bond acceptors (Lipinski definition) is 7. The van der Waals surface area contributed by atoms with E-state index in [0.29, 0.717) is 44.5 Å². The van der Waals surface area contributed by atoms with Gasteiger partial charge in [0.2, 0.25) is 21.8 Å². The van der Waals surface area contributed by atoms with Crippen LogP contribution in [-0.2, 0) is 16.6 Å². The Bertz CT molecular complexity index is 1190. The maximum Gasteiger partial charge on any atom is 0.247 e. The molecule has 1 aromatic heterocycles. The molecule has 8 nitrogen and oxygen atoms in total. The summed E-state index contributed by atoms with van der Waals surface area (Å²) >= 11 is 0. The summed E-state index contributed by atoms with van der Waals surface area (Å²) in [5, 5.41) is 17.5. The fourth-order valence-electron chi connectivity index (χ4n) is 3.45. The molecule has 1 aliphatic heterocycles. The van der Waals surface area contributed by atoms with Gasteiger partial charge in [0.05, 0.1) is 17.0 Å². The van der Waals surface area contributed by atoms with Crippen molar-refractivity contribution in [3.05, 3.63) is 65.5 Å². The van der Waals surface area contributed by atoms with E-state index in [-0.39, 0.29) is 10.5 Å². The maximum atomic E-state index is 12.9. The van der Waals surface area contributed by atoms with Crippen LogP contribution in [0.1, 0.15) is 17.0 Å². The lowest BCUT2D eigenvalue weighted by molar-refractivity contribution is 0.168. The summed E-state index contributed by atoms with van der Waals surface area (Å²) in [7, 11) is -3.70. The SMILES string of the molecule is Cc1cccc(-c2nnc(CN3CCN(S(=O)(=O)c4ccccc4C#N)CC3)o2)c1. The van der Waals surface area contributed by atoms with Crippen molar-refractivity contribution >= 4 is 10.0 Å². The maximum absolute atomic E-state index is 12.9. The molecule has 0 saturated carbocycles. The van der Waals surface area contributed by atoms with Gasteiger partial charge >= 0.3 is 0 Å². The largest absolute Gasteiger partial charge is 0.419 e. The second kappa shape index (κ2) is 8.36. The predicted octanol–water partition coefficient (Wildman–Crippen LogP) is 2.42. The van der Waals surface area contributed by atoms with Gasteiger partial charge in [0.25, 0.3) is 0 Å². The fraction of sp³-hybridized carbons (Fsp3) is 0.286. The average Bonchev–Trinajstić information content (AvgIpc) is 3.22. The topological polar surface area (TPSA) is 103 Å². The summed E-state index contributed by atoms with van der Waals surface area (Å²) < 4.78 is 33.1. The molecule has 1 fully saturated rings. The van der Waals surface area contributed by atoms with Gasteiger partial charge in [0.1, 0.15) is 6.07 Å². The highest BCUT2D eigenvalue weighted by Gasteiger charge is 2.30. The summed E-state index contributed by atoms with van der Waals surface area (Å²) in [6.07, 6.45) is 0. The van der Waals surface area contributed by atoms with E-state index in [2.05, 4.69) is 15.1 Å². The van der Waals surface area contributed by atoms with Crippen molar-refractivity contribution in [3.63, 3.8) is 0 Å². The monoisotopic (exact) mass is 423 g/mol. The van der Waals surface area contributed by atoms with Gasteiger partial charge in [-0.3, -0.25) is 4.90 Å². The fourth-order valence-corrected chi connectivity index (χ4v) is 5.02. The summed E-state index contributed by atoms with van der Waals surface area (Å²) in [6.45, 7) is 4.21. The first-order chi connectivity index (χ1) is 14.5. The van der Waals surface area contributed by atoms with E-state index >= 15 is 0 Å². The van der Waals surface area contributed by atoms with Crippen molar-refractivity contribution in [2.75, 3.05) is 26.2 Å². The van der Waals surface area contributed by atoms with E-state index in [4.69, 9.17) is 4.42 Å². The first-order valence-electron chi connectivity index (χ1n) is 9.58. The Morgan fingerprint density at radius 3 is 2.57 bits per heavy atom. The number of nitriles is 1.